The number of halogens is 6. The van der Waals surface area contributed by atoms with E-state index in [0.717, 1.165) is 5.92 Å². The Morgan fingerprint density at radius 2 is 1.43 bits per heavy atom. The number of benzene rings is 1. The summed E-state index contributed by atoms with van der Waals surface area (Å²) in [6.07, 6.45) is 6.60. The molecule has 3 aliphatic carbocycles. The summed E-state index contributed by atoms with van der Waals surface area (Å²) in [6.45, 7) is 3.68. The minimum atomic E-state index is -4.51. The quantitative estimate of drug-likeness (QED) is 0.175. The molecule has 0 spiro atoms. The second-order valence-electron chi connectivity index (χ2n) is 14.5. The van der Waals surface area contributed by atoms with E-state index in [-0.39, 0.29) is 29.8 Å². The average Bonchev–Trinajstić information content (AvgIpc) is 3.04. The largest absolute Gasteiger partial charge is 0.409 e. The van der Waals surface area contributed by atoms with E-state index in [4.69, 9.17) is 14.2 Å². The van der Waals surface area contributed by atoms with Gasteiger partial charge in [0.25, 0.3) is 0 Å². The molecule has 3 nitrogen and oxygen atoms in total. The minimum Gasteiger partial charge on any atom is -0.352 e. The van der Waals surface area contributed by atoms with Crippen LogP contribution in [0.5, 0.6) is 0 Å². The zero-order chi connectivity index (χ0) is 32.7. The lowest BCUT2D eigenvalue weighted by atomic mass is 9.74. The Bertz CT molecular complexity index is 1090. The standard InChI is InChI=1S/C37H52F6O3/c1-2-3-4-5-25-6-8-27(9-7-25)31-23-44-35(45-24-31)29-12-16-32(17-13-29)37(42,43)46-33-18-14-26(15-19-33)30-11-10-28(34(38)22-30)20-21-36(39,40)41/h10-11,20-22,25-27,29,31-33,35H,2-9,12-19,23-24H2,1H3. The van der Waals surface area contributed by atoms with Gasteiger partial charge in [-0.05, 0) is 99.7 Å². The number of alkyl halides is 5. The van der Waals surface area contributed by atoms with Crippen LogP contribution < -0.4 is 0 Å². The first-order valence-electron chi connectivity index (χ1n) is 17.8. The highest BCUT2D eigenvalue weighted by Crippen LogP contribution is 2.45. The summed E-state index contributed by atoms with van der Waals surface area (Å²) in [6, 6.07) is 4.22. The van der Waals surface area contributed by atoms with Gasteiger partial charge in [-0.3, -0.25) is 0 Å². The lowest BCUT2D eigenvalue weighted by molar-refractivity contribution is -0.305. The predicted octanol–water partition coefficient (Wildman–Crippen LogP) is 11.2. The Labute approximate surface area is 270 Å². The number of hydrogen-bond donors (Lipinski definition) is 0. The number of rotatable bonds is 11. The third kappa shape index (κ3) is 9.97. The van der Waals surface area contributed by atoms with Crippen molar-refractivity contribution in [3.63, 3.8) is 0 Å². The van der Waals surface area contributed by atoms with Crippen LogP contribution in [-0.4, -0.2) is 37.9 Å². The molecule has 4 aliphatic rings. The van der Waals surface area contributed by atoms with Crippen molar-refractivity contribution >= 4 is 6.08 Å². The van der Waals surface area contributed by atoms with E-state index in [1.54, 1.807) is 6.07 Å². The summed E-state index contributed by atoms with van der Waals surface area (Å²) in [7, 11) is 0. The molecule has 1 aromatic carbocycles. The molecule has 0 amide bonds. The fraction of sp³-hybridized carbons (Fsp3) is 0.784. The molecular formula is C37H52F6O3. The van der Waals surface area contributed by atoms with Crippen LogP contribution in [0.4, 0.5) is 26.3 Å². The highest BCUT2D eigenvalue weighted by molar-refractivity contribution is 5.51. The molecule has 1 saturated heterocycles. The van der Waals surface area contributed by atoms with Crippen molar-refractivity contribution in [2.24, 2.45) is 29.6 Å². The summed E-state index contributed by atoms with van der Waals surface area (Å²) in [5, 5.41) is 0. The van der Waals surface area contributed by atoms with Crippen molar-refractivity contribution in [3.8, 4) is 0 Å². The molecule has 0 bridgehead atoms. The first-order chi connectivity index (χ1) is 22.0. The van der Waals surface area contributed by atoms with Gasteiger partial charge < -0.3 is 14.2 Å². The van der Waals surface area contributed by atoms with Gasteiger partial charge in [-0.1, -0.05) is 57.6 Å². The molecule has 9 heteroatoms. The minimum absolute atomic E-state index is 0.00775. The summed E-state index contributed by atoms with van der Waals surface area (Å²) < 4.78 is 100. The molecule has 3 saturated carbocycles. The fourth-order valence-corrected chi connectivity index (χ4v) is 8.39. The summed E-state index contributed by atoms with van der Waals surface area (Å²) >= 11 is 0. The molecule has 0 aromatic heterocycles. The second kappa shape index (κ2) is 16.2. The monoisotopic (exact) mass is 658 g/mol. The van der Waals surface area contributed by atoms with Gasteiger partial charge in [0.1, 0.15) is 5.82 Å². The maximum atomic E-state index is 15.3. The molecule has 0 unspecified atom stereocenters. The van der Waals surface area contributed by atoms with Gasteiger partial charge in [0.2, 0.25) is 0 Å². The van der Waals surface area contributed by atoms with Gasteiger partial charge >= 0.3 is 12.3 Å². The highest BCUT2D eigenvalue weighted by Gasteiger charge is 2.46. The van der Waals surface area contributed by atoms with Gasteiger partial charge in [0.15, 0.2) is 6.29 Å². The van der Waals surface area contributed by atoms with Crippen LogP contribution >= 0.6 is 0 Å². The fourth-order valence-electron chi connectivity index (χ4n) is 8.39. The summed E-state index contributed by atoms with van der Waals surface area (Å²) in [4.78, 5) is 0. The molecule has 1 heterocycles. The van der Waals surface area contributed by atoms with Gasteiger partial charge in [0, 0.05) is 23.5 Å². The van der Waals surface area contributed by atoms with E-state index in [1.165, 1.54) is 63.5 Å². The molecule has 0 N–H and O–H groups in total. The van der Waals surface area contributed by atoms with E-state index in [2.05, 4.69) is 6.92 Å². The number of unbranched alkanes of at least 4 members (excludes halogenated alkanes) is 2. The van der Waals surface area contributed by atoms with E-state index in [1.807, 2.05) is 0 Å². The maximum Gasteiger partial charge on any atom is 0.409 e. The molecule has 1 aliphatic heterocycles. The third-order valence-electron chi connectivity index (χ3n) is 11.3. The lowest BCUT2D eigenvalue weighted by Crippen LogP contribution is -2.43. The number of allylic oxidation sites excluding steroid dienone is 1. The van der Waals surface area contributed by atoms with Gasteiger partial charge in [-0.15, -0.1) is 0 Å². The zero-order valence-corrected chi connectivity index (χ0v) is 27.2. The summed E-state index contributed by atoms with van der Waals surface area (Å²) in [5.74, 6) is 0.518. The first kappa shape index (κ1) is 35.7. The van der Waals surface area contributed by atoms with Crippen LogP contribution in [0.25, 0.3) is 6.08 Å². The molecule has 0 atom stereocenters. The van der Waals surface area contributed by atoms with Crippen molar-refractivity contribution in [1.29, 1.82) is 0 Å². The number of hydrogen-bond acceptors (Lipinski definition) is 3. The molecule has 4 fully saturated rings. The van der Waals surface area contributed by atoms with E-state index < -0.39 is 30.1 Å². The molecule has 5 rings (SSSR count). The van der Waals surface area contributed by atoms with E-state index in [0.29, 0.717) is 88.1 Å². The van der Waals surface area contributed by atoms with Crippen LogP contribution in [0, 0.1) is 35.4 Å². The second-order valence-corrected chi connectivity index (χ2v) is 14.5. The van der Waals surface area contributed by atoms with Crippen LogP contribution in [0.15, 0.2) is 24.3 Å². The molecule has 1 aromatic rings. The van der Waals surface area contributed by atoms with E-state index in [9.17, 15) is 17.6 Å². The predicted molar refractivity (Wildman–Crippen MR) is 167 cm³/mol. The van der Waals surface area contributed by atoms with Crippen molar-refractivity contribution in [1.82, 2.24) is 0 Å². The normalized spacial score (nSPS) is 33.4. The first-order valence-corrected chi connectivity index (χ1v) is 17.8. The lowest BCUT2D eigenvalue weighted by Gasteiger charge is -2.42. The van der Waals surface area contributed by atoms with Crippen LogP contribution in [0.3, 0.4) is 0 Å². The SMILES string of the molecule is CCCCCC1CCC(C2COC(C3CCC(C(F)(F)OC4CCC(c5ccc(C=CC(F)(F)F)c(F)c5)CC4)CC3)OC2)CC1. The Hall–Kier alpha value is -1.58. The van der Waals surface area contributed by atoms with Crippen molar-refractivity contribution < 1.29 is 40.6 Å². The van der Waals surface area contributed by atoms with Crippen molar-refractivity contribution in [3.05, 3.63) is 41.2 Å². The Morgan fingerprint density at radius 1 is 0.783 bits per heavy atom. The van der Waals surface area contributed by atoms with Crippen LogP contribution in [0.2, 0.25) is 0 Å². The smallest absolute Gasteiger partial charge is 0.352 e. The van der Waals surface area contributed by atoms with Gasteiger partial charge in [0.05, 0.1) is 25.2 Å². The third-order valence-corrected chi connectivity index (χ3v) is 11.3. The zero-order valence-electron chi connectivity index (χ0n) is 27.2. The van der Waals surface area contributed by atoms with Gasteiger partial charge in [-0.2, -0.15) is 22.0 Å². The number of ether oxygens (including phenoxy) is 3. The maximum absolute atomic E-state index is 15.3. The van der Waals surface area contributed by atoms with Crippen molar-refractivity contribution in [2.75, 3.05) is 13.2 Å². The molecular weight excluding hydrogens is 606 g/mol. The average molecular weight is 659 g/mol. The Morgan fingerprint density at radius 3 is 2.04 bits per heavy atom. The van der Waals surface area contributed by atoms with Crippen LogP contribution in [0.1, 0.15) is 127 Å². The Balaban J connectivity index is 0.999. The van der Waals surface area contributed by atoms with Gasteiger partial charge in [-0.25, -0.2) is 4.39 Å². The van der Waals surface area contributed by atoms with Crippen LogP contribution in [-0.2, 0) is 14.2 Å². The molecule has 0 radical (unpaired) electrons. The van der Waals surface area contributed by atoms with Crippen molar-refractivity contribution in [2.45, 2.75) is 140 Å². The molecule has 260 valence electrons. The Kier molecular flexibility index (Phi) is 12.6. The molecule has 46 heavy (non-hydrogen) atoms. The summed E-state index contributed by atoms with van der Waals surface area (Å²) in [5.41, 5.74) is 0.539. The van der Waals surface area contributed by atoms with E-state index >= 15 is 8.78 Å². The topological polar surface area (TPSA) is 27.7 Å². The highest BCUT2D eigenvalue weighted by atomic mass is 19.4.